The van der Waals surface area contributed by atoms with Crippen LogP contribution in [-0.4, -0.2) is 98.1 Å². The number of amides is 1. The number of rotatable bonds is 9. The number of piperazine rings is 1. The van der Waals surface area contributed by atoms with E-state index in [1.165, 1.54) is 12.8 Å². The predicted octanol–water partition coefficient (Wildman–Crippen LogP) is 2.22. The molecule has 1 aliphatic carbocycles. The second kappa shape index (κ2) is 14.5. The fourth-order valence-corrected chi connectivity index (χ4v) is 4.59. The largest absolute Gasteiger partial charge is 0.355 e. The Morgan fingerprint density at radius 3 is 2.10 bits per heavy atom. The van der Waals surface area contributed by atoms with Gasteiger partial charge in [0.2, 0.25) is 5.91 Å². The summed E-state index contributed by atoms with van der Waals surface area (Å²) >= 11 is 0. The van der Waals surface area contributed by atoms with Crippen molar-refractivity contribution in [3.05, 3.63) is 0 Å². The van der Waals surface area contributed by atoms with Gasteiger partial charge < -0.3 is 15.5 Å². The number of carbonyl (C=O) groups is 1. The molecule has 2 fully saturated rings. The van der Waals surface area contributed by atoms with Gasteiger partial charge in [-0.1, -0.05) is 12.8 Å². The zero-order valence-electron chi connectivity index (χ0n) is 19.8. The first-order chi connectivity index (χ1) is 13.9. The van der Waals surface area contributed by atoms with Crippen LogP contribution in [0.3, 0.4) is 0 Å². The summed E-state index contributed by atoms with van der Waals surface area (Å²) in [5.41, 5.74) is 0. The smallest absolute Gasteiger partial charge is 0.225 e. The summed E-state index contributed by atoms with van der Waals surface area (Å²) in [5.74, 6) is 1.58. The van der Waals surface area contributed by atoms with Gasteiger partial charge in [0.1, 0.15) is 0 Å². The highest BCUT2D eigenvalue weighted by molar-refractivity contribution is 14.0. The maximum atomic E-state index is 12.5. The maximum absolute atomic E-state index is 12.5. The van der Waals surface area contributed by atoms with Gasteiger partial charge in [0.25, 0.3) is 0 Å². The van der Waals surface area contributed by atoms with Gasteiger partial charge in [0.15, 0.2) is 5.96 Å². The summed E-state index contributed by atoms with van der Waals surface area (Å²) in [4.78, 5) is 23.9. The van der Waals surface area contributed by atoms with Crippen molar-refractivity contribution in [1.82, 2.24) is 25.3 Å². The van der Waals surface area contributed by atoms with Gasteiger partial charge in [-0.05, 0) is 40.5 Å². The normalized spacial score (nSPS) is 18.9. The number of guanidine groups is 1. The molecule has 0 aromatic carbocycles. The van der Waals surface area contributed by atoms with Crippen LogP contribution in [0, 0.1) is 5.92 Å². The van der Waals surface area contributed by atoms with Crippen LogP contribution < -0.4 is 10.6 Å². The summed E-state index contributed by atoms with van der Waals surface area (Å²) in [5, 5.41) is 6.85. The van der Waals surface area contributed by atoms with Crippen LogP contribution in [0.2, 0.25) is 0 Å². The highest BCUT2D eigenvalue weighted by Gasteiger charge is 2.29. The third-order valence-corrected chi connectivity index (χ3v) is 6.32. The Hall–Kier alpha value is -0.610. The average Bonchev–Trinajstić information content (AvgIpc) is 3.24. The van der Waals surface area contributed by atoms with Crippen molar-refractivity contribution in [1.29, 1.82) is 0 Å². The number of hydrogen-bond donors (Lipinski definition) is 2. The van der Waals surface area contributed by atoms with E-state index < -0.39 is 0 Å². The summed E-state index contributed by atoms with van der Waals surface area (Å²) in [6.07, 6.45) is 4.65. The standard InChI is InChI=1S/C22H44N6O.HI/c1-18(2)28(19(3)4)13-11-25-22(23-5)24-10-12-26-14-16-27(17-15-26)21(29)20-8-6-7-9-20;/h18-20H,6-17H2,1-5H3,(H2,23,24,25);1H. The van der Waals surface area contributed by atoms with Gasteiger partial charge in [-0.25, -0.2) is 0 Å². The summed E-state index contributed by atoms with van der Waals surface area (Å²) in [7, 11) is 1.82. The predicted molar refractivity (Wildman–Crippen MR) is 137 cm³/mol. The molecule has 1 saturated carbocycles. The third-order valence-electron chi connectivity index (χ3n) is 6.32. The Balaban J connectivity index is 0.00000450. The number of halogens is 1. The Kier molecular flexibility index (Phi) is 13.2. The van der Waals surface area contributed by atoms with E-state index in [2.05, 4.69) is 58.0 Å². The summed E-state index contributed by atoms with van der Waals surface area (Å²) < 4.78 is 0. The molecule has 30 heavy (non-hydrogen) atoms. The van der Waals surface area contributed by atoms with Crippen LogP contribution in [0.5, 0.6) is 0 Å². The van der Waals surface area contributed by atoms with E-state index in [1.807, 2.05) is 7.05 Å². The van der Waals surface area contributed by atoms with Crippen molar-refractivity contribution in [2.24, 2.45) is 10.9 Å². The molecule has 8 heteroatoms. The summed E-state index contributed by atoms with van der Waals surface area (Å²) in [6, 6.07) is 1.09. The molecule has 7 nitrogen and oxygen atoms in total. The highest BCUT2D eigenvalue weighted by Crippen LogP contribution is 2.26. The third kappa shape index (κ3) is 8.86. The molecular weight excluding hydrogens is 491 g/mol. The fourth-order valence-electron chi connectivity index (χ4n) is 4.59. The van der Waals surface area contributed by atoms with Crippen LogP contribution in [0.1, 0.15) is 53.4 Å². The topological polar surface area (TPSA) is 63.2 Å². The fraction of sp³-hybridized carbons (Fsp3) is 0.909. The van der Waals surface area contributed by atoms with E-state index >= 15 is 0 Å². The van der Waals surface area contributed by atoms with E-state index in [9.17, 15) is 4.79 Å². The van der Waals surface area contributed by atoms with Crippen molar-refractivity contribution in [3.63, 3.8) is 0 Å². The second-order valence-electron chi connectivity index (χ2n) is 9.00. The lowest BCUT2D eigenvalue weighted by atomic mass is 10.1. The molecule has 0 aromatic heterocycles. The number of carbonyl (C=O) groups excluding carboxylic acids is 1. The Morgan fingerprint density at radius 1 is 1.00 bits per heavy atom. The lowest BCUT2D eigenvalue weighted by Gasteiger charge is -2.36. The highest BCUT2D eigenvalue weighted by atomic mass is 127. The molecule has 0 bridgehead atoms. The van der Waals surface area contributed by atoms with E-state index in [0.717, 1.165) is 71.2 Å². The van der Waals surface area contributed by atoms with E-state index in [-0.39, 0.29) is 24.0 Å². The van der Waals surface area contributed by atoms with Gasteiger partial charge in [-0.3, -0.25) is 19.6 Å². The van der Waals surface area contributed by atoms with Crippen LogP contribution in [0.4, 0.5) is 0 Å². The SMILES string of the molecule is CN=C(NCCN1CCN(C(=O)C2CCCC2)CC1)NCCN(C(C)C)C(C)C.I. The lowest BCUT2D eigenvalue weighted by Crippen LogP contribution is -2.52. The minimum absolute atomic E-state index is 0. The lowest BCUT2D eigenvalue weighted by molar-refractivity contribution is -0.137. The molecular formula is C22H45IN6O. The van der Waals surface area contributed by atoms with Gasteiger partial charge in [0.05, 0.1) is 0 Å². The second-order valence-corrected chi connectivity index (χ2v) is 9.00. The number of nitrogens with zero attached hydrogens (tertiary/aromatic N) is 4. The zero-order chi connectivity index (χ0) is 21.2. The Labute approximate surface area is 201 Å². The van der Waals surface area contributed by atoms with Crippen molar-refractivity contribution < 1.29 is 4.79 Å². The number of aliphatic imine (C=N–C) groups is 1. The van der Waals surface area contributed by atoms with Crippen molar-refractivity contribution in [2.45, 2.75) is 65.5 Å². The van der Waals surface area contributed by atoms with Crippen LogP contribution >= 0.6 is 24.0 Å². The Bertz CT molecular complexity index is 506. The quantitative estimate of drug-likeness (QED) is 0.269. The first-order valence-corrected chi connectivity index (χ1v) is 11.6. The monoisotopic (exact) mass is 536 g/mol. The minimum atomic E-state index is 0. The molecule has 2 N–H and O–H groups in total. The molecule has 0 aromatic rings. The molecule has 0 atom stereocenters. The average molecular weight is 537 g/mol. The molecule has 2 rings (SSSR count). The van der Waals surface area contributed by atoms with E-state index in [1.54, 1.807) is 0 Å². The molecule has 1 saturated heterocycles. The molecule has 176 valence electrons. The Morgan fingerprint density at radius 2 is 1.57 bits per heavy atom. The molecule has 0 radical (unpaired) electrons. The van der Waals surface area contributed by atoms with Gasteiger partial charge in [0, 0.05) is 77.4 Å². The first-order valence-electron chi connectivity index (χ1n) is 11.6. The van der Waals surface area contributed by atoms with Crippen LogP contribution in [0.15, 0.2) is 4.99 Å². The number of nitrogens with one attached hydrogen (secondary N) is 2. The maximum Gasteiger partial charge on any atom is 0.225 e. The molecule has 2 aliphatic rings. The van der Waals surface area contributed by atoms with Crippen LogP contribution in [0.25, 0.3) is 0 Å². The van der Waals surface area contributed by atoms with Crippen molar-refractivity contribution >= 4 is 35.8 Å². The van der Waals surface area contributed by atoms with Gasteiger partial charge in [-0.2, -0.15) is 0 Å². The van der Waals surface area contributed by atoms with Gasteiger partial charge >= 0.3 is 0 Å². The minimum Gasteiger partial charge on any atom is -0.355 e. The number of hydrogen-bond acceptors (Lipinski definition) is 4. The van der Waals surface area contributed by atoms with Crippen molar-refractivity contribution in [2.75, 3.05) is 59.4 Å². The van der Waals surface area contributed by atoms with E-state index in [0.29, 0.717) is 23.9 Å². The van der Waals surface area contributed by atoms with Gasteiger partial charge in [-0.15, -0.1) is 24.0 Å². The zero-order valence-corrected chi connectivity index (χ0v) is 22.2. The molecule has 1 aliphatic heterocycles. The molecule has 1 amide bonds. The molecule has 1 heterocycles. The van der Waals surface area contributed by atoms with Crippen LogP contribution in [-0.2, 0) is 4.79 Å². The van der Waals surface area contributed by atoms with Crippen molar-refractivity contribution in [3.8, 4) is 0 Å². The first kappa shape index (κ1) is 27.4. The molecule has 0 spiro atoms. The molecule has 0 unspecified atom stereocenters. The van der Waals surface area contributed by atoms with E-state index in [4.69, 9.17) is 0 Å². The summed E-state index contributed by atoms with van der Waals surface area (Å²) in [6.45, 7) is 16.4.